The molecule has 0 aromatic heterocycles. The third kappa shape index (κ3) is 5.70. The molecule has 5 heteroatoms. The van der Waals surface area contributed by atoms with Gasteiger partial charge in [0.2, 0.25) is 0 Å². The molecule has 0 atom stereocenters. The van der Waals surface area contributed by atoms with Crippen molar-refractivity contribution in [1.29, 1.82) is 0 Å². The standard InChI is InChI=1S/C14H22N2O3/c1-2-3-4-5-6-9-19-11-12-7-8-13(15)14(10-12)16(17)18/h7-8,10H,2-6,9,11,15H2,1H3. The molecule has 0 bridgehead atoms. The SMILES string of the molecule is CCCCCCCOCc1ccc(N)c([N+](=O)[O-])c1. The second kappa shape index (κ2) is 8.48. The molecular formula is C14H22N2O3. The molecule has 0 aliphatic rings. The van der Waals surface area contributed by atoms with Crippen LogP contribution >= 0.6 is 0 Å². The Labute approximate surface area is 113 Å². The summed E-state index contributed by atoms with van der Waals surface area (Å²) < 4.78 is 5.51. The first-order chi connectivity index (χ1) is 9.15. The van der Waals surface area contributed by atoms with E-state index in [9.17, 15) is 10.1 Å². The summed E-state index contributed by atoms with van der Waals surface area (Å²) in [7, 11) is 0. The molecule has 1 aromatic carbocycles. The van der Waals surface area contributed by atoms with Crippen molar-refractivity contribution in [1.82, 2.24) is 0 Å². The van der Waals surface area contributed by atoms with E-state index in [0.717, 1.165) is 12.0 Å². The Bertz CT molecular complexity index is 408. The fourth-order valence-electron chi connectivity index (χ4n) is 1.83. The van der Waals surface area contributed by atoms with E-state index in [1.165, 1.54) is 31.7 Å². The largest absolute Gasteiger partial charge is 0.393 e. The first-order valence-electron chi connectivity index (χ1n) is 6.75. The number of unbranched alkanes of at least 4 members (excludes halogenated alkanes) is 4. The van der Waals surface area contributed by atoms with Gasteiger partial charge in [-0.05, 0) is 18.1 Å². The van der Waals surface area contributed by atoms with Gasteiger partial charge in [-0.3, -0.25) is 10.1 Å². The number of hydrogen-bond donors (Lipinski definition) is 1. The molecule has 0 fully saturated rings. The van der Waals surface area contributed by atoms with E-state index in [-0.39, 0.29) is 11.4 Å². The number of nitrogens with two attached hydrogens (primary N) is 1. The van der Waals surface area contributed by atoms with Crippen LogP contribution in [-0.2, 0) is 11.3 Å². The van der Waals surface area contributed by atoms with Crippen molar-refractivity contribution in [3.63, 3.8) is 0 Å². The van der Waals surface area contributed by atoms with Gasteiger partial charge in [0, 0.05) is 12.7 Å². The van der Waals surface area contributed by atoms with E-state index in [1.54, 1.807) is 12.1 Å². The van der Waals surface area contributed by atoms with E-state index in [0.29, 0.717) is 13.2 Å². The summed E-state index contributed by atoms with van der Waals surface area (Å²) in [6.45, 7) is 3.28. The second-order valence-corrected chi connectivity index (χ2v) is 4.62. The first-order valence-corrected chi connectivity index (χ1v) is 6.75. The molecule has 0 saturated heterocycles. The average molecular weight is 266 g/mol. The molecule has 0 aliphatic carbocycles. The van der Waals surface area contributed by atoms with Gasteiger partial charge in [-0.15, -0.1) is 0 Å². The van der Waals surface area contributed by atoms with Gasteiger partial charge in [-0.2, -0.15) is 0 Å². The van der Waals surface area contributed by atoms with Crippen LogP contribution in [0.3, 0.4) is 0 Å². The van der Waals surface area contributed by atoms with Crippen LogP contribution in [0.5, 0.6) is 0 Å². The molecule has 0 spiro atoms. The smallest absolute Gasteiger partial charge is 0.292 e. The van der Waals surface area contributed by atoms with Crippen LogP contribution in [0.15, 0.2) is 18.2 Å². The fraction of sp³-hybridized carbons (Fsp3) is 0.571. The zero-order valence-electron chi connectivity index (χ0n) is 11.4. The molecule has 1 rings (SSSR count). The summed E-state index contributed by atoms with van der Waals surface area (Å²) in [5.74, 6) is 0. The van der Waals surface area contributed by atoms with Crippen molar-refractivity contribution in [2.24, 2.45) is 0 Å². The highest BCUT2D eigenvalue weighted by Crippen LogP contribution is 2.22. The van der Waals surface area contributed by atoms with E-state index >= 15 is 0 Å². The van der Waals surface area contributed by atoms with Crippen molar-refractivity contribution in [2.75, 3.05) is 12.3 Å². The first kappa shape index (κ1) is 15.4. The molecule has 0 heterocycles. The van der Waals surface area contributed by atoms with Crippen molar-refractivity contribution >= 4 is 11.4 Å². The predicted molar refractivity (Wildman–Crippen MR) is 75.9 cm³/mol. The zero-order valence-corrected chi connectivity index (χ0v) is 11.4. The number of rotatable bonds is 9. The molecule has 106 valence electrons. The lowest BCUT2D eigenvalue weighted by Gasteiger charge is -2.05. The summed E-state index contributed by atoms with van der Waals surface area (Å²) in [6, 6.07) is 4.80. The normalized spacial score (nSPS) is 10.6. The number of nitrogen functional groups attached to an aromatic ring is 1. The van der Waals surface area contributed by atoms with Gasteiger partial charge >= 0.3 is 0 Å². The van der Waals surface area contributed by atoms with Crippen molar-refractivity contribution in [3.8, 4) is 0 Å². The monoisotopic (exact) mass is 266 g/mol. The van der Waals surface area contributed by atoms with Crippen LogP contribution in [0.2, 0.25) is 0 Å². The highest BCUT2D eigenvalue weighted by Gasteiger charge is 2.11. The fourth-order valence-corrected chi connectivity index (χ4v) is 1.83. The molecule has 0 radical (unpaired) electrons. The highest BCUT2D eigenvalue weighted by atomic mass is 16.6. The van der Waals surface area contributed by atoms with E-state index in [1.807, 2.05) is 0 Å². The van der Waals surface area contributed by atoms with Crippen LogP contribution < -0.4 is 5.73 Å². The zero-order chi connectivity index (χ0) is 14.1. The number of hydrogen-bond acceptors (Lipinski definition) is 4. The van der Waals surface area contributed by atoms with Gasteiger partial charge in [0.05, 0.1) is 11.5 Å². The third-order valence-corrected chi connectivity index (χ3v) is 2.95. The number of ether oxygens (including phenoxy) is 1. The van der Waals surface area contributed by atoms with Gasteiger partial charge in [-0.25, -0.2) is 0 Å². The minimum atomic E-state index is -0.469. The van der Waals surface area contributed by atoms with E-state index in [4.69, 9.17) is 10.5 Å². The molecule has 0 saturated carbocycles. The lowest BCUT2D eigenvalue weighted by atomic mass is 10.1. The van der Waals surface area contributed by atoms with Gasteiger partial charge in [0.25, 0.3) is 5.69 Å². The lowest BCUT2D eigenvalue weighted by Crippen LogP contribution is -1.99. The van der Waals surface area contributed by atoms with E-state index in [2.05, 4.69) is 6.92 Å². The number of anilines is 1. The summed E-state index contributed by atoms with van der Waals surface area (Å²) in [5.41, 5.74) is 6.45. The maximum atomic E-state index is 10.7. The molecule has 5 nitrogen and oxygen atoms in total. The van der Waals surface area contributed by atoms with Crippen LogP contribution in [0.25, 0.3) is 0 Å². The quantitative estimate of drug-likeness (QED) is 0.320. The molecular weight excluding hydrogens is 244 g/mol. The van der Waals surface area contributed by atoms with Crippen molar-refractivity contribution in [2.45, 2.75) is 45.6 Å². The minimum absolute atomic E-state index is 0.0518. The maximum absolute atomic E-state index is 10.7. The Morgan fingerprint density at radius 3 is 2.68 bits per heavy atom. The molecule has 1 aromatic rings. The Morgan fingerprint density at radius 1 is 1.26 bits per heavy atom. The summed E-state index contributed by atoms with van der Waals surface area (Å²) in [5, 5.41) is 10.7. The van der Waals surface area contributed by atoms with Gasteiger partial charge < -0.3 is 10.5 Å². The van der Waals surface area contributed by atoms with Gasteiger partial charge in [-0.1, -0.05) is 38.7 Å². The topological polar surface area (TPSA) is 78.4 Å². The van der Waals surface area contributed by atoms with Crippen molar-refractivity contribution < 1.29 is 9.66 Å². The Kier molecular flexibility index (Phi) is 6.89. The predicted octanol–water partition coefficient (Wildman–Crippen LogP) is 3.66. The molecule has 19 heavy (non-hydrogen) atoms. The second-order valence-electron chi connectivity index (χ2n) is 4.62. The third-order valence-electron chi connectivity index (χ3n) is 2.95. The Morgan fingerprint density at radius 2 is 2.00 bits per heavy atom. The summed E-state index contributed by atoms with van der Waals surface area (Å²) in [4.78, 5) is 10.3. The number of benzene rings is 1. The van der Waals surface area contributed by atoms with Gasteiger partial charge in [0.1, 0.15) is 5.69 Å². The minimum Gasteiger partial charge on any atom is -0.393 e. The van der Waals surface area contributed by atoms with Crippen LogP contribution in [0.4, 0.5) is 11.4 Å². The van der Waals surface area contributed by atoms with E-state index < -0.39 is 4.92 Å². The van der Waals surface area contributed by atoms with Crippen LogP contribution in [0.1, 0.15) is 44.6 Å². The average Bonchev–Trinajstić information content (AvgIpc) is 2.39. The molecule has 2 N–H and O–H groups in total. The number of nitro benzene ring substituents is 1. The highest BCUT2D eigenvalue weighted by molar-refractivity contribution is 5.59. The lowest BCUT2D eigenvalue weighted by molar-refractivity contribution is -0.384. The number of nitro groups is 1. The summed E-state index contributed by atoms with van der Waals surface area (Å²) >= 11 is 0. The Hall–Kier alpha value is -1.62. The maximum Gasteiger partial charge on any atom is 0.292 e. The molecule has 0 unspecified atom stereocenters. The molecule has 0 aliphatic heterocycles. The Balaban J connectivity index is 2.30. The van der Waals surface area contributed by atoms with Crippen LogP contribution in [-0.4, -0.2) is 11.5 Å². The molecule has 0 amide bonds. The summed E-state index contributed by atoms with van der Waals surface area (Å²) in [6.07, 6.45) is 5.96. The number of nitrogens with zero attached hydrogens (tertiary/aromatic N) is 1. The van der Waals surface area contributed by atoms with Crippen molar-refractivity contribution in [3.05, 3.63) is 33.9 Å². The van der Waals surface area contributed by atoms with Crippen LogP contribution in [0, 0.1) is 10.1 Å². The van der Waals surface area contributed by atoms with Gasteiger partial charge in [0.15, 0.2) is 0 Å².